The van der Waals surface area contributed by atoms with Gasteiger partial charge in [-0.2, -0.15) is 21.0 Å². The molecule has 0 fully saturated rings. The summed E-state index contributed by atoms with van der Waals surface area (Å²) in [5.74, 6) is -2.88. The average Bonchev–Trinajstić information content (AvgIpc) is 2.54. The predicted octanol–water partition coefficient (Wildman–Crippen LogP) is 1.96. The standard InChI is InChI=1S/C17H10F2N4/c1-4-12-13(9(2)3)15(11(7-22)8-23)17(19)16(18)14(12)10(5-20)6-21/h2,4H2,1,3H3. The summed E-state index contributed by atoms with van der Waals surface area (Å²) < 4.78 is 28.9. The van der Waals surface area contributed by atoms with Crippen LogP contribution in [0.25, 0.3) is 16.7 Å². The van der Waals surface area contributed by atoms with Gasteiger partial charge < -0.3 is 0 Å². The molecule has 0 radical (unpaired) electrons. The Balaban J connectivity index is 4.60. The van der Waals surface area contributed by atoms with Crippen molar-refractivity contribution >= 4 is 16.7 Å². The van der Waals surface area contributed by atoms with Crippen molar-refractivity contribution in [2.24, 2.45) is 0 Å². The fraction of sp³-hybridized carbons (Fsp3) is 0.176. The Morgan fingerprint density at radius 2 is 1.30 bits per heavy atom. The SMILES string of the molecule is C=C(C)c1c(CC)c(=C(C#N)C#N)c(F)c(F)c1=C(C#N)C#N. The van der Waals surface area contributed by atoms with E-state index in [1.54, 1.807) is 6.92 Å². The van der Waals surface area contributed by atoms with Gasteiger partial charge in [0.05, 0.1) is 0 Å². The van der Waals surface area contributed by atoms with Crippen molar-refractivity contribution in [1.82, 2.24) is 0 Å². The number of rotatable bonds is 2. The molecular weight excluding hydrogens is 298 g/mol. The molecule has 0 unspecified atom stereocenters. The first kappa shape index (κ1) is 17.6. The van der Waals surface area contributed by atoms with Crippen LogP contribution >= 0.6 is 0 Å². The van der Waals surface area contributed by atoms with Crippen molar-refractivity contribution < 1.29 is 8.78 Å². The van der Waals surface area contributed by atoms with E-state index in [-0.39, 0.29) is 23.1 Å². The Bertz CT molecular complexity index is 958. The predicted molar refractivity (Wildman–Crippen MR) is 79.0 cm³/mol. The van der Waals surface area contributed by atoms with E-state index in [1.807, 2.05) is 0 Å². The molecule has 1 aromatic carbocycles. The molecule has 0 atom stereocenters. The Kier molecular flexibility index (Phi) is 5.34. The van der Waals surface area contributed by atoms with Gasteiger partial charge in [-0.25, -0.2) is 8.78 Å². The van der Waals surface area contributed by atoms with Crippen LogP contribution in [0.15, 0.2) is 6.58 Å². The van der Waals surface area contributed by atoms with Gasteiger partial charge in [-0.05, 0) is 30.0 Å². The molecule has 4 nitrogen and oxygen atoms in total. The fourth-order valence-electron chi connectivity index (χ4n) is 2.33. The lowest BCUT2D eigenvalue weighted by Crippen LogP contribution is -2.31. The van der Waals surface area contributed by atoms with Gasteiger partial charge in [0.1, 0.15) is 35.4 Å². The normalized spacial score (nSPS) is 9.04. The van der Waals surface area contributed by atoms with Gasteiger partial charge in [0.2, 0.25) is 0 Å². The minimum absolute atomic E-state index is 0.0718. The maximum absolute atomic E-state index is 14.5. The van der Waals surface area contributed by atoms with E-state index in [1.165, 1.54) is 31.2 Å². The van der Waals surface area contributed by atoms with Crippen LogP contribution in [0.2, 0.25) is 0 Å². The molecule has 23 heavy (non-hydrogen) atoms. The van der Waals surface area contributed by atoms with Crippen LogP contribution in [0, 0.1) is 57.0 Å². The maximum atomic E-state index is 14.5. The third kappa shape index (κ3) is 2.80. The van der Waals surface area contributed by atoms with Crippen molar-refractivity contribution in [1.29, 1.82) is 21.0 Å². The number of benzene rings is 1. The molecule has 6 heteroatoms. The molecule has 0 N–H and O–H groups in total. The first-order chi connectivity index (χ1) is 10.9. The van der Waals surface area contributed by atoms with Gasteiger partial charge >= 0.3 is 0 Å². The summed E-state index contributed by atoms with van der Waals surface area (Å²) in [5, 5.41) is 35.0. The fourth-order valence-corrected chi connectivity index (χ4v) is 2.33. The summed E-state index contributed by atoms with van der Waals surface area (Å²) in [6, 6.07) is 6.13. The molecule has 0 aliphatic rings. The molecule has 1 aromatic rings. The molecule has 0 heterocycles. The minimum Gasteiger partial charge on any atom is -0.203 e. The number of hydrogen-bond acceptors (Lipinski definition) is 4. The lowest BCUT2D eigenvalue weighted by Gasteiger charge is -2.12. The molecule has 0 saturated carbocycles. The van der Waals surface area contributed by atoms with Crippen molar-refractivity contribution in [2.75, 3.05) is 0 Å². The highest BCUT2D eigenvalue weighted by atomic mass is 19.2. The molecule has 1 rings (SSSR count). The number of allylic oxidation sites excluding steroid dienone is 1. The van der Waals surface area contributed by atoms with Crippen LogP contribution in [0.1, 0.15) is 25.0 Å². The third-order valence-electron chi connectivity index (χ3n) is 3.21. The Hall–Kier alpha value is -3.48. The zero-order valence-corrected chi connectivity index (χ0v) is 12.5. The van der Waals surface area contributed by atoms with Crippen LogP contribution in [-0.2, 0) is 6.42 Å². The molecule has 0 aliphatic carbocycles. The van der Waals surface area contributed by atoms with E-state index in [2.05, 4.69) is 6.58 Å². The van der Waals surface area contributed by atoms with Crippen molar-refractivity contribution in [3.8, 4) is 24.3 Å². The number of halogens is 2. The number of hydrogen-bond donors (Lipinski definition) is 0. The minimum atomic E-state index is -1.45. The zero-order chi connectivity index (χ0) is 17.7. The first-order valence-electron chi connectivity index (χ1n) is 6.44. The third-order valence-corrected chi connectivity index (χ3v) is 3.21. The quantitative estimate of drug-likeness (QED) is 0.834. The smallest absolute Gasteiger partial charge is 0.169 e. The summed E-state index contributed by atoms with van der Waals surface area (Å²) in [6.45, 7) is 6.80. The van der Waals surface area contributed by atoms with Crippen LogP contribution in [0.3, 0.4) is 0 Å². The first-order valence-corrected chi connectivity index (χ1v) is 6.44. The molecule has 112 valence electrons. The summed E-state index contributed by atoms with van der Waals surface area (Å²) in [5.41, 5.74) is -0.663. The lowest BCUT2D eigenvalue weighted by molar-refractivity contribution is 0.494. The second kappa shape index (κ2) is 6.99. The van der Waals surface area contributed by atoms with Gasteiger partial charge in [-0.1, -0.05) is 13.5 Å². The monoisotopic (exact) mass is 308 g/mol. The van der Waals surface area contributed by atoms with Gasteiger partial charge in [-0.15, -0.1) is 0 Å². The van der Waals surface area contributed by atoms with E-state index < -0.39 is 33.2 Å². The molecular formula is C17H10F2N4. The zero-order valence-electron chi connectivity index (χ0n) is 12.5. The summed E-state index contributed by atoms with van der Waals surface area (Å²) in [7, 11) is 0. The van der Waals surface area contributed by atoms with Crippen molar-refractivity contribution in [3.63, 3.8) is 0 Å². The molecule has 0 saturated heterocycles. The summed E-state index contributed by atoms with van der Waals surface area (Å²) in [4.78, 5) is 0. The van der Waals surface area contributed by atoms with E-state index in [0.717, 1.165) is 0 Å². The van der Waals surface area contributed by atoms with E-state index in [4.69, 9.17) is 21.0 Å². The number of nitriles is 4. The maximum Gasteiger partial charge on any atom is 0.169 e. The highest BCUT2D eigenvalue weighted by Gasteiger charge is 2.21. The second-order valence-corrected chi connectivity index (χ2v) is 4.56. The molecule has 0 aliphatic heterocycles. The largest absolute Gasteiger partial charge is 0.203 e. The molecule has 0 aromatic heterocycles. The molecule has 0 bridgehead atoms. The van der Waals surface area contributed by atoms with Crippen LogP contribution in [0.5, 0.6) is 0 Å². The van der Waals surface area contributed by atoms with Crippen LogP contribution < -0.4 is 10.4 Å². The highest BCUT2D eigenvalue weighted by Crippen LogP contribution is 2.16. The van der Waals surface area contributed by atoms with Gasteiger partial charge in [0.25, 0.3) is 0 Å². The van der Waals surface area contributed by atoms with Crippen LogP contribution in [-0.4, -0.2) is 0 Å². The van der Waals surface area contributed by atoms with Crippen molar-refractivity contribution in [2.45, 2.75) is 20.3 Å². The van der Waals surface area contributed by atoms with E-state index >= 15 is 0 Å². The lowest BCUT2D eigenvalue weighted by atomic mass is 9.91. The summed E-state index contributed by atoms with van der Waals surface area (Å²) in [6.07, 6.45) is 0.152. The van der Waals surface area contributed by atoms with Gasteiger partial charge in [-0.3, -0.25) is 0 Å². The van der Waals surface area contributed by atoms with Crippen LogP contribution in [0.4, 0.5) is 8.78 Å². The van der Waals surface area contributed by atoms with E-state index in [9.17, 15) is 8.78 Å². The second-order valence-electron chi connectivity index (χ2n) is 4.56. The highest BCUT2D eigenvalue weighted by molar-refractivity contribution is 5.80. The number of nitrogens with zero attached hydrogens (tertiary/aromatic N) is 4. The Morgan fingerprint density at radius 1 is 0.913 bits per heavy atom. The Morgan fingerprint density at radius 3 is 1.65 bits per heavy atom. The van der Waals surface area contributed by atoms with Gasteiger partial charge in [0, 0.05) is 10.4 Å². The topological polar surface area (TPSA) is 95.2 Å². The van der Waals surface area contributed by atoms with Gasteiger partial charge in [0.15, 0.2) is 11.6 Å². The summed E-state index contributed by atoms with van der Waals surface area (Å²) >= 11 is 0. The van der Waals surface area contributed by atoms with Crippen molar-refractivity contribution in [3.05, 3.63) is 39.8 Å². The Labute approximate surface area is 131 Å². The molecule has 0 spiro atoms. The molecule has 0 amide bonds. The van der Waals surface area contributed by atoms with E-state index in [0.29, 0.717) is 0 Å². The average molecular weight is 308 g/mol.